The maximum absolute atomic E-state index is 13.5. The van der Waals surface area contributed by atoms with Crippen molar-refractivity contribution in [3.05, 3.63) is 107 Å². The van der Waals surface area contributed by atoms with Gasteiger partial charge in [0.15, 0.2) is 0 Å². The number of amides is 1. The van der Waals surface area contributed by atoms with E-state index in [1.165, 1.54) is 22.3 Å². The summed E-state index contributed by atoms with van der Waals surface area (Å²) < 4.78 is 0. The highest BCUT2D eigenvalue weighted by Crippen LogP contribution is 2.42. The number of nitrogens with zero attached hydrogens (tertiary/aromatic N) is 2. The number of benzene rings is 3. The molecule has 5 rings (SSSR count). The summed E-state index contributed by atoms with van der Waals surface area (Å²) in [5.41, 5.74) is 5.25. The number of carbonyl (C=O) groups excluding carboxylic acids is 1. The smallest absolute Gasteiger partial charge is 0.229 e. The van der Waals surface area contributed by atoms with Crippen LogP contribution in [0.15, 0.2) is 84.9 Å². The van der Waals surface area contributed by atoms with Crippen LogP contribution >= 0.6 is 0 Å². The Hall–Kier alpha value is -2.91. The van der Waals surface area contributed by atoms with Crippen molar-refractivity contribution in [3.8, 4) is 0 Å². The first-order chi connectivity index (χ1) is 17.5. The fourth-order valence-electron chi connectivity index (χ4n) is 6.15. The highest BCUT2D eigenvalue weighted by atomic mass is 16.2. The Morgan fingerprint density at radius 1 is 0.722 bits per heavy atom. The lowest BCUT2D eigenvalue weighted by molar-refractivity contribution is -0.138. The van der Waals surface area contributed by atoms with Crippen molar-refractivity contribution in [1.29, 1.82) is 0 Å². The van der Waals surface area contributed by atoms with Gasteiger partial charge in [-0.3, -0.25) is 4.79 Å². The van der Waals surface area contributed by atoms with Crippen LogP contribution in [0.4, 0.5) is 0 Å². The van der Waals surface area contributed by atoms with E-state index in [4.69, 9.17) is 0 Å². The number of piperidine rings is 1. The largest absolute Gasteiger partial charge is 0.338 e. The van der Waals surface area contributed by atoms with E-state index in [9.17, 15) is 4.79 Å². The topological polar surface area (TPSA) is 23.6 Å². The van der Waals surface area contributed by atoms with Crippen molar-refractivity contribution >= 4 is 5.91 Å². The maximum atomic E-state index is 13.5. The third-order valence-corrected chi connectivity index (χ3v) is 8.57. The van der Waals surface area contributed by atoms with Crippen molar-refractivity contribution < 1.29 is 4.79 Å². The van der Waals surface area contributed by atoms with Gasteiger partial charge in [0.2, 0.25) is 5.91 Å². The maximum Gasteiger partial charge on any atom is 0.229 e. The van der Waals surface area contributed by atoms with Gasteiger partial charge in [-0.15, -0.1) is 0 Å². The van der Waals surface area contributed by atoms with Crippen molar-refractivity contribution in [2.75, 3.05) is 26.2 Å². The second-order valence-electron chi connectivity index (χ2n) is 11.2. The molecule has 0 bridgehead atoms. The molecular weight excluding hydrogens is 440 g/mol. The minimum atomic E-state index is -0.132. The van der Waals surface area contributed by atoms with Crippen molar-refractivity contribution in [1.82, 2.24) is 9.80 Å². The first-order valence-corrected chi connectivity index (χ1v) is 13.7. The zero-order valence-electron chi connectivity index (χ0n) is 21.9. The van der Waals surface area contributed by atoms with E-state index >= 15 is 0 Å². The lowest BCUT2D eigenvalue weighted by Gasteiger charge is -2.38. The fraction of sp³-hybridized carbons (Fsp3) is 0.424. The molecule has 0 aliphatic carbocycles. The van der Waals surface area contributed by atoms with E-state index in [1.807, 2.05) is 0 Å². The number of hydrogen-bond acceptors (Lipinski definition) is 2. The summed E-state index contributed by atoms with van der Waals surface area (Å²) in [4.78, 5) is 18.2. The summed E-state index contributed by atoms with van der Waals surface area (Å²) in [6, 6.07) is 30.6. The van der Waals surface area contributed by atoms with Gasteiger partial charge in [-0.05, 0) is 73.5 Å². The summed E-state index contributed by atoms with van der Waals surface area (Å²) >= 11 is 0. The van der Waals surface area contributed by atoms with E-state index in [1.54, 1.807) is 0 Å². The molecule has 0 atom stereocenters. The van der Waals surface area contributed by atoms with Gasteiger partial charge in [0, 0.05) is 19.0 Å². The Morgan fingerprint density at radius 2 is 1.28 bits per heavy atom. The van der Waals surface area contributed by atoms with Gasteiger partial charge in [0.05, 0.1) is 5.41 Å². The van der Waals surface area contributed by atoms with Crippen LogP contribution < -0.4 is 0 Å². The molecule has 36 heavy (non-hydrogen) atoms. The third-order valence-electron chi connectivity index (χ3n) is 8.57. The van der Waals surface area contributed by atoms with Crippen molar-refractivity contribution in [3.63, 3.8) is 0 Å². The van der Waals surface area contributed by atoms with Crippen LogP contribution in [0.25, 0.3) is 0 Å². The molecule has 1 amide bonds. The Morgan fingerprint density at radius 3 is 1.83 bits per heavy atom. The first-order valence-electron chi connectivity index (χ1n) is 13.7. The molecule has 3 aromatic carbocycles. The van der Waals surface area contributed by atoms with Crippen LogP contribution in [0.5, 0.6) is 0 Å². The molecule has 2 saturated heterocycles. The van der Waals surface area contributed by atoms with Crippen LogP contribution in [0.3, 0.4) is 0 Å². The summed E-state index contributed by atoms with van der Waals surface area (Å²) in [7, 11) is 0. The molecule has 2 aliphatic heterocycles. The average Bonchev–Trinajstić information content (AvgIpc) is 3.21. The molecule has 2 heterocycles. The second-order valence-corrected chi connectivity index (χ2v) is 11.2. The van der Waals surface area contributed by atoms with Gasteiger partial charge in [0.25, 0.3) is 0 Å². The molecule has 0 aromatic heterocycles. The van der Waals surface area contributed by atoms with Crippen LogP contribution in [-0.4, -0.2) is 41.9 Å². The summed E-state index contributed by atoms with van der Waals surface area (Å²) in [5, 5.41) is 0. The molecule has 0 N–H and O–H groups in total. The highest BCUT2D eigenvalue weighted by molar-refractivity contribution is 5.85. The third kappa shape index (κ3) is 5.42. The molecular formula is C33H40N2O. The van der Waals surface area contributed by atoms with E-state index in [2.05, 4.69) is 109 Å². The summed E-state index contributed by atoms with van der Waals surface area (Å²) in [6.45, 7) is 9.22. The molecule has 3 aromatic rings. The number of carbonyl (C=O) groups is 1. The van der Waals surface area contributed by atoms with Crippen molar-refractivity contribution in [2.45, 2.75) is 57.9 Å². The average molecular weight is 481 g/mol. The normalized spacial score (nSPS) is 18.0. The highest BCUT2D eigenvalue weighted by Gasteiger charge is 2.47. The predicted octanol–water partition coefficient (Wildman–Crippen LogP) is 6.85. The molecule has 2 fully saturated rings. The summed E-state index contributed by atoms with van der Waals surface area (Å²) in [5.74, 6) is 1.34. The second kappa shape index (κ2) is 11.0. The van der Waals surface area contributed by atoms with Crippen LogP contribution in [-0.2, 0) is 11.3 Å². The van der Waals surface area contributed by atoms with Crippen LogP contribution in [0.1, 0.15) is 73.6 Å². The summed E-state index contributed by atoms with van der Waals surface area (Å²) in [6.07, 6.45) is 4.11. The van der Waals surface area contributed by atoms with E-state index in [0.29, 0.717) is 17.7 Å². The van der Waals surface area contributed by atoms with Crippen LogP contribution in [0.2, 0.25) is 0 Å². The van der Waals surface area contributed by atoms with Crippen molar-refractivity contribution in [2.24, 2.45) is 5.41 Å². The molecule has 2 aliphatic rings. The number of hydrogen-bond donors (Lipinski definition) is 0. The number of rotatable bonds is 8. The minimum Gasteiger partial charge on any atom is -0.338 e. The lowest BCUT2D eigenvalue weighted by atomic mass is 9.77. The van der Waals surface area contributed by atoms with Gasteiger partial charge in [0.1, 0.15) is 0 Å². The molecule has 0 radical (unpaired) electrons. The Bertz CT molecular complexity index is 1080. The Labute approximate surface area is 217 Å². The zero-order valence-corrected chi connectivity index (χ0v) is 21.9. The lowest BCUT2D eigenvalue weighted by Crippen LogP contribution is -2.45. The molecule has 188 valence electrons. The Balaban J connectivity index is 1.17. The van der Waals surface area contributed by atoms with Gasteiger partial charge in [-0.25, -0.2) is 0 Å². The molecule has 3 heteroatoms. The molecule has 3 nitrogen and oxygen atoms in total. The van der Waals surface area contributed by atoms with E-state index in [0.717, 1.165) is 58.4 Å². The minimum absolute atomic E-state index is 0.132. The molecule has 0 unspecified atom stereocenters. The van der Waals surface area contributed by atoms with Gasteiger partial charge >= 0.3 is 0 Å². The van der Waals surface area contributed by atoms with Gasteiger partial charge in [-0.1, -0.05) is 98.8 Å². The zero-order chi connectivity index (χ0) is 25.0. The quantitative estimate of drug-likeness (QED) is 0.352. The van der Waals surface area contributed by atoms with E-state index in [-0.39, 0.29) is 5.41 Å². The Kier molecular flexibility index (Phi) is 7.57. The fourth-order valence-corrected chi connectivity index (χ4v) is 6.15. The first kappa shape index (κ1) is 24.8. The van der Waals surface area contributed by atoms with Crippen LogP contribution in [0, 0.1) is 5.41 Å². The van der Waals surface area contributed by atoms with Gasteiger partial charge in [-0.2, -0.15) is 0 Å². The van der Waals surface area contributed by atoms with Gasteiger partial charge < -0.3 is 9.80 Å². The number of likely N-dealkylation sites (tertiary alicyclic amines) is 2. The van der Waals surface area contributed by atoms with E-state index < -0.39 is 0 Å². The molecule has 0 saturated carbocycles. The predicted molar refractivity (Wildman–Crippen MR) is 148 cm³/mol. The molecule has 1 spiro atoms. The SMILES string of the molecule is CC(C)c1ccc(CN2CCC3(CCN(CCC(c4ccccc4)c4ccccc4)CC3)C2=O)cc1. The standard InChI is InChI=1S/C33H40N2O/c1-26(2)28-15-13-27(14-16-28)25-35-24-20-33(32(35)36)18-22-34(23-19-33)21-17-31(29-9-5-3-6-10-29)30-11-7-4-8-12-30/h3-16,26,31H,17-25H2,1-2H3. The monoisotopic (exact) mass is 480 g/mol.